The molecule has 0 saturated heterocycles. The highest BCUT2D eigenvalue weighted by Crippen LogP contribution is 2.46. The molecule has 3 N–H and O–H groups in total. The number of aliphatic hydroxyl groups is 1. The highest BCUT2D eigenvalue weighted by molar-refractivity contribution is 5.36. The van der Waals surface area contributed by atoms with E-state index < -0.39 is 5.60 Å². The molecule has 2 heteroatoms. The average molecular weight is 219 g/mol. The lowest BCUT2D eigenvalue weighted by Gasteiger charge is -2.46. The second-order valence-corrected chi connectivity index (χ2v) is 5.46. The molecule has 1 aliphatic rings. The van der Waals surface area contributed by atoms with Gasteiger partial charge in [-0.1, -0.05) is 38.1 Å². The molecule has 1 aromatic rings. The Balaban J connectivity index is 2.52. The van der Waals surface area contributed by atoms with Crippen LogP contribution < -0.4 is 5.73 Å². The number of hydrogen-bond acceptors (Lipinski definition) is 2. The maximum Gasteiger partial charge on any atom is 0.0961 e. The smallest absolute Gasteiger partial charge is 0.0961 e. The second-order valence-electron chi connectivity index (χ2n) is 5.46. The van der Waals surface area contributed by atoms with Gasteiger partial charge in [0.1, 0.15) is 0 Å². The van der Waals surface area contributed by atoms with Gasteiger partial charge in [-0.15, -0.1) is 0 Å². The monoisotopic (exact) mass is 219 g/mol. The van der Waals surface area contributed by atoms with Crippen molar-refractivity contribution in [3.63, 3.8) is 0 Å². The van der Waals surface area contributed by atoms with Crippen LogP contribution in [0.5, 0.6) is 0 Å². The molecule has 2 nitrogen and oxygen atoms in total. The largest absolute Gasteiger partial charge is 0.385 e. The summed E-state index contributed by atoms with van der Waals surface area (Å²) >= 11 is 0. The van der Waals surface area contributed by atoms with Gasteiger partial charge in [0.25, 0.3) is 0 Å². The van der Waals surface area contributed by atoms with Gasteiger partial charge >= 0.3 is 0 Å². The summed E-state index contributed by atoms with van der Waals surface area (Å²) in [5.74, 6) is 0. The fourth-order valence-corrected chi connectivity index (χ4v) is 2.68. The van der Waals surface area contributed by atoms with Crippen molar-refractivity contribution in [1.82, 2.24) is 0 Å². The van der Waals surface area contributed by atoms with E-state index in [1.165, 1.54) is 5.56 Å². The minimum atomic E-state index is -0.767. The number of fused-ring (bicyclic) bond motifs is 1. The van der Waals surface area contributed by atoms with E-state index in [0.29, 0.717) is 6.54 Å². The van der Waals surface area contributed by atoms with Gasteiger partial charge in [-0.3, -0.25) is 0 Å². The standard InChI is InChI=1S/C14H21NO/c1-13(2,10-15)14(16)9-5-7-11-6-3-4-8-12(11)14/h3-4,6,8,16H,5,7,9-10,15H2,1-2H3. The molecule has 0 aromatic heterocycles. The lowest BCUT2D eigenvalue weighted by molar-refractivity contribution is -0.0820. The van der Waals surface area contributed by atoms with Gasteiger partial charge in [-0.25, -0.2) is 0 Å². The molecular formula is C14H21NO. The van der Waals surface area contributed by atoms with Gasteiger partial charge in [-0.05, 0) is 30.4 Å². The summed E-state index contributed by atoms with van der Waals surface area (Å²) in [4.78, 5) is 0. The van der Waals surface area contributed by atoms with Crippen molar-refractivity contribution in [2.45, 2.75) is 38.7 Å². The van der Waals surface area contributed by atoms with Gasteiger partial charge in [0.15, 0.2) is 0 Å². The summed E-state index contributed by atoms with van der Waals surface area (Å²) in [6.45, 7) is 4.60. The first-order chi connectivity index (χ1) is 7.51. The Kier molecular flexibility index (Phi) is 2.81. The number of nitrogens with two attached hydrogens (primary N) is 1. The lowest BCUT2D eigenvalue weighted by atomic mass is 9.64. The second kappa shape index (κ2) is 3.86. The van der Waals surface area contributed by atoms with Gasteiger partial charge in [0.05, 0.1) is 5.60 Å². The van der Waals surface area contributed by atoms with Crippen LogP contribution in [0, 0.1) is 5.41 Å². The van der Waals surface area contributed by atoms with Crippen LogP contribution >= 0.6 is 0 Å². The van der Waals surface area contributed by atoms with Crippen LogP contribution in [-0.4, -0.2) is 11.7 Å². The summed E-state index contributed by atoms with van der Waals surface area (Å²) in [6.07, 6.45) is 2.92. The number of aryl methyl sites for hydroxylation is 1. The molecule has 0 heterocycles. The summed E-state index contributed by atoms with van der Waals surface area (Å²) in [5.41, 5.74) is 7.13. The Morgan fingerprint density at radius 1 is 1.38 bits per heavy atom. The Bertz CT molecular complexity index is 386. The normalized spacial score (nSPS) is 25.2. The molecule has 0 bridgehead atoms. The van der Waals surface area contributed by atoms with Crippen molar-refractivity contribution in [1.29, 1.82) is 0 Å². The zero-order valence-corrected chi connectivity index (χ0v) is 10.2. The predicted octanol–water partition coefficient (Wildman–Crippen LogP) is 2.20. The van der Waals surface area contributed by atoms with Crippen molar-refractivity contribution in [2.75, 3.05) is 6.54 Å². The van der Waals surface area contributed by atoms with Crippen molar-refractivity contribution >= 4 is 0 Å². The van der Waals surface area contributed by atoms with E-state index in [0.717, 1.165) is 24.8 Å². The van der Waals surface area contributed by atoms with Gasteiger partial charge in [0, 0.05) is 12.0 Å². The third-order valence-corrected chi connectivity index (χ3v) is 4.08. The summed E-state index contributed by atoms with van der Waals surface area (Å²) < 4.78 is 0. The Morgan fingerprint density at radius 2 is 2.06 bits per heavy atom. The molecular weight excluding hydrogens is 198 g/mol. The predicted molar refractivity (Wildman–Crippen MR) is 66.1 cm³/mol. The zero-order valence-electron chi connectivity index (χ0n) is 10.2. The molecule has 1 atom stereocenters. The van der Waals surface area contributed by atoms with Crippen LogP contribution in [0.3, 0.4) is 0 Å². The Labute approximate surface area is 97.5 Å². The molecule has 1 aliphatic carbocycles. The van der Waals surface area contributed by atoms with Crippen molar-refractivity contribution in [3.8, 4) is 0 Å². The summed E-state index contributed by atoms with van der Waals surface area (Å²) in [7, 11) is 0. The van der Waals surface area contributed by atoms with Crippen molar-refractivity contribution in [2.24, 2.45) is 11.1 Å². The Morgan fingerprint density at radius 3 is 2.75 bits per heavy atom. The molecule has 88 valence electrons. The third-order valence-electron chi connectivity index (χ3n) is 4.08. The van der Waals surface area contributed by atoms with Crippen LogP contribution in [-0.2, 0) is 12.0 Å². The first kappa shape index (κ1) is 11.6. The van der Waals surface area contributed by atoms with Gasteiger partial charge in [-0.2, -0.15) is 0 Å². The fraction of sp³-hybridized carbons (Fsp3) is 0.571. The van der Waals surface area contributed by atoms with E-state index >= 15 is 0 Å². The van der Waals surface area contributed by atoms with E-state index in [2.05, 4.69) is 19.9 Å². The minimum absolute atomic E-state index is 0.274. The van der Waals surface area contributed by atoms with Crippen LogP contribution in [0.25, 0.3) is 0 Å². The van der Waals surface area contributed by atoms with E-state index in [1.54, 1.807) is 0 Å². The number of hydrogen-bond donors (Lipinski definition) is 2. The molecule has 0 radical (unpaired) electrons. The van der Waals surface area contributed by atoms with Crippen LogP contribution in [0.4, 0.5) is 0 Å². The summed E-state index contributed by atoms with van der Waals surface area (Å²) in [5, 5.41) is 11.0. The first-order valence-corrected chi connectivity index (χ1v) is 6.02. The third kappa shape index (κ3) is 1.57. The average Bonchev–Trinajstić information content (AvgIpc) is 2.29. The zero-order chi connectivity index (χ0) is 11.8. The maximum atomic E-state index is 11.0. The van der Waals surface area contributed by atoms with Crippen LogP contribution in [0.2, 0.25) is 0 Å². The summed E-state index contributed by atoms with van der Waals surface area (Å²) in [6, 6.07) is 8.21. The first-order valence-electron chi connectivity index (χ1n) is 6.02. The van der Waals surface area contributed by atoms with Crippen LogP contribution in [0.1, 0.15) is 37.8 Å². The van der Waals surface area contributed by atoms with Crippen molar-refractivity contribution in [3.05, 3.63) is 35.4 Å². The topological polar surface area (TPSA) is 46.2 Å². The van der Waals surface area contributed by atoms with Gasteiger partial charge < -0.3 is 10.8 Å². The lowest BCUT2D eigenvalue weighted by Crippen LogP contribution is -2.48. The molecule has 0 saturated carbocycles. The molecule has 1 aromatic carbocycles. The highest BCUT2D eigenvalue weighted by Gasteiger charge is 2.46. The minimum Gasteiger partial charge on any atom is -0.385 e. The van der Waals surface area contributed by atoms with E-state index in [4.69, 9.17) is 5.73 Å². The number of rotatable bonds is 2. The van der Waals surface area contributed by atoms with Crippen molar-refractivity contribution < 1.29 is 5.11 Å². The molecule has 0 fully saturated rings. The van der Waals surface area contributed by atoms with Crippen LogP contribution in [0.15, 0.2) is 24.3 Å². The maximum absolute atomic E-state index is 11.0. The molecule has 1 unspecified atom stereocenters. The van der Waals surface area contributed by atoms with E-state index in [9.17, 15) is 5.11 Å². The SMILES string of the molecule is CC(C)(CN)C1(O)CCCc2ccccc21. The molecule has 0 amide bonds. The fourth-order valence-electron chi connectivity index (χ4n) is 2.68. The van der Waals surface area contributed by atoms with Gasteiger partial charge in [0.2, 0.25) is 0 Å². The van der Waals surface area contributed by atoms with E-state index in [-0.39, 0.29) is 5.41 Å². The molecule has 0 aliphatic heterocycles. The highest BCUT2D eigenvalue weighted by atomic mass is 16.3. The molecule has 16 heavy (non-hydrogen) atoms. The number of benzene rings is 1. The molecule has 0 spiro atoms. The quantitative estimate of drug-likeness (QED) is 0.801. The molecule has 2 rings (SSSR count). The Hall–Kier alpha value is -0.860. The van der Waals surface area contributed by atoms with E-state index in [1.807, 2.05) is 18.2 Å².